The lowest BCUT2D eigenvalue weighted by molar-refractivity contribution is 0.0996. The first kappa shape index (κ1) is 20.7. The number of hydrogen-bond acceptors (Lipinski definition) is 7. The number of nitrogens with zero attached hydrogens (tertiary/aromatic N) is 3. The summed E-state index contributed by atoms with van der Waals surface area (Å²) in [6, 6.07) is 0. The van der Waals surface area contributed by atoms with E-state index in [1.54, 1.807) is 11.6 Å². The number of rotatable bonds is 9. The van der Waals surface area contributed by atoms with Gasteiger partial charge in [-0.15, -0.1) is 11.3 Å². The van der Waals surface area contributed by atoms with E-state index in [1.165, 1.54) is 11.3 Å². The molecule has 152 valence electrons. The van der Waals surface area contributed by atoms with Gasteiger partial charge in [-0.1, -0.05) is 13.3 Å². The Labute approximate surface area is 169 Å². The van der Waals surface area contributed by atoms with Gasteiger partial charge in [0.15, 0.2) is 0 Å². The first-order valence-electron chi connectivity index (χ1n) is 10.1. The van der Waals surface area contributed by atoms with Crippen LogP contribution in [0, 0.1) is 5.92 Å². The number of aryl methyl sites for hydroxylation is 1. The molecule has 2 aromatic heterocycles. The van der Waals surface area contributed by atoms with Crippen molar-refractivity contribution in [3.05, 3.63) is 23.0 Å². The molecule has 0 spiro atoms. The molecule has 0 bridgehead atoms. The third-order valence-corrected chi connectivity index (χ3v) is 6.15. The van der Waals surface area contributed by atoms with E-state index in [4.69, 9.17) is 10.7 Å². The van der Waals surface area contributed by atoms with E-state index in [2.05, 4.69) is 22.2 Å². The van der Waals surface area contributed by atoms with Gasteiger partial charge in [-0.3, -0.25) is 4.79 Å². The molecule has 0 aromatic carbocycles. The predicted molar refractivity (Wildman–Crippen MR) is 111 cm³/mol. The monoisotopic (exact) mass is 403 g/mol. The van der Waals surface area contributed by atoms with Crippen LogP contribution in [0.15, 0.2) is 11.6 Å². The summed E-state index contributed by atoms with van der Waals surface area (Å²) in [5.41, 5.74) is 7.44. The fourth-order valence-electron chi connectivity index (χ4n) is 3.53. The Balaban J connectivity index is 1.77. The number of nitrogens with one attached hydrogen (secondary N) is 1. The summed E-state index contributed by atoms with van der Waals surface area (Å²) < 4.78 is 0. The van der Waals surface area contributed by atoms with Crippen LogP contribution in [0.3, 0.4) is 0 Å². The second kappa shape index (κ2) is 9.93. The highest BCUT2D eigenvalue weighted by Gasteiger charge is 2.21. The van der Waals surface area contributed by atoms with E-state index >= 15 is 0 Å². The van der Waals surface area contributed by atoms with Crippen molar-refractivity contribution in [2.24, 2.45) is 11.7 Å². The molecule has 1 aliphatic carbocycles. The zero-order chi connectivity index (χ0) is 19.9. The molecule has 8 heteroatoms. The quantitative estimate of drug-likeness (QED) is 0.553. The highest BCUT2D eigenvalue weighted by molar-refractivity contribution is 7.13. The van der Waals surface area contributed by atoms with Gasteiger partial charge in [0.05, 0.1) is 17.4 Å². The standard InChI is InChI=1S/C20H29N5O2S/c1-2-3-10-22-20-23-11-15(19-24-17(12-28-19)18(21)27)16(25-20)9-6-13-4-7-14(26)8-5-13/h11-14,26H,2-10H2,1H3,(H2,21,27)(H,22,23,25). The number of aromatic nitrogens is 3. The molecule has 2 aromatic rings. The van der Waals surface area contributed by atoms with Gasteiger partial charge in [-0.2, -0.15) is 0 Å². The van der Waals surface area contributed by atoms with Gasteiger partial charge in [0.1, 0.15) is 10.7 Å². The Kier molecular flexibility index (Phi) is 7.33. The molecule has 0 radical (unpaired) electrons. The lowest BCUT2D eigenvalue weighted by Crippen LogP contribution is -2.18. The number of primary amides is 1. The number of thiazole rings is 1. The topological polar surface area (TPSA) is 114 Å². The Morgan fingerprint density at radius 2 is 2.11 bits per heavy atom. The normalized spacial score (nSPS) is 19.5. The molecule has 28 heavy (non-hydrogen) atoms. The Hall–Kier alpha value is -2.06. The molecule has 2 heterocycles. The summed E-state index contributed by atoms with van der Waals surface area (Å²) in [5.74, 6) is 0.724. The molecule has 0 atom stereocenters. The van der Waals surface area contributed by atoms with Crippen molar-refractivity contribution in [2.75, 3.05) is 11.9 Å². The lowest BCUT2D eigenvalue weighted by atomic mass is 9.84. The highest BCUT2D eigenvalue weighted by atomic mass is 32.1. The average molecular weight is 404 g/mol. The van der Waals surface area contributed by atoms with E-state index < -0.39 is 5.91 Å². The van der Waals surface area contributed by atoms with Gasteiger partial charge >= 0.3 is 0 Å². The molecule has 7 nitrogen and oxygen atoms in total. The summed E-state index contributed by atoms with van der Waals surface area (Å²) in [6.45, 7) is 3.00. The van der Waals surface area contributed by atoms with Crippen LogP contribution in [-0.2, 0) is 6.42 Å². The van der Waals surface area contributed by atoms with Crippen LogP contribution in [0.25, 0.3) is 10.6 Å². The summed E-state index contributed by atoms with van der Waals surface area (Å²) in [7, 11) is 0. The van der Waals surface area contributed by atoms with E-state index in [9.17, 15) is 9.90 Å². The molecule has 1 saturated carbocycles. The van der Waals surface area contributed by atoms with E-state index in [0.717, 1.165) is 74.2 Å². The lowest BCUT2D eigenvalue weighted by Gasteiger charge is -2.25. The van der Waals surface area contributed by atoms with E-state index in [-0.39, 0.29) is 11.8 Å². The van der Waals surface area contributed by atoms with Gasteiger partial charge in [-0.25, -0.2) is 15.0 Å². The molecule has 4 N–H and O–H groups in total. The maximum atomic E-state index is 11.4. The largest absolute Gasteiger partial charge is 0.393 e. The van der Waals surface area contributed by atoms with Crippen molar-refractivity contribution < 1.29 is 9.90 Å². The number of amides is 1. The summed E-state index contributed by atoms with van der Waals surface area (Å²) in [5, 5.41) is 15.4. The molecule has 1 amide bonds. The molecular formula is C20H29N5O2S. The molecule has 1 aliphatic rings. The van der Waals surface area contributed by atoms with Crippen molar-refractivity contribution in [3.63, 3.8) is 0 Å². The highest BCUT2D eigenvalue weighted by Crippen LogP contribution is 2.31. The Morgan fingerprint density at radius 1 is 1.32 bits per heavy atom. The Bertz CT molecular complexity index is 787. The fraction of sp³-hybridized carbons (Fsp3) is 0.600. The minimum absolute atomic E-state index is 0.136. The number of aliphatic hydroxyl groups is 1. The molecule has 0 aliphatic heterocycles. The zero-order valence-electron chi connectivity index (χ0n) is 16.4. The average Bonchev–Trinajstić information content (AvgIpc) is 3.18. The minimum atomic E-state index is -0.524. The SMILES string of the molecule is CCCCNc1ncc(-c2nc(C(N)=O)cs2)c(CCC2CCC(O)CC2)n1. The van der Waals surface area contributed by atoms with Gasteiger partial charge in [0, 0.05) is 18.1 Å². The third-order valence-electron chi connectivity index (χ3n) is 5.27. The molecule has 3 rings (SSSR count). The van der Waals surface area contributed by atoms with Crippen molar-refractivity contribution in [3.8, 4) is 10.6 Å². The van der Waals surface area contributed by atoms with Crippen molar-refractivity contribution in [1.82, 2.24) is 15.0 Å². The van der Waals surface area contributed by atoms with Crippen molar-refractivity contribution in [2.45, 2.75) is 64.4 Å². The van der Waals surface area contributed by atoms with Crippen LogP contribution in [-0.4, -0.2) is 38.6 Å². The Morgan fingerprint density at radius 3 is 2.79 bits per heavy atom. The van der Waals surface area contributed by atoms with E-state index in [1.807, 2.05) is 0 Å². The van der Waals surface area contributed by atoms with Crippen LogP contribution in [0.2, 0.25) is 0 Å². The molecule has 0 unspecified atom stereocenters. The second-order valence-electron chi connectivity index (χ2n) is 7.45. The first-order valence-corrected chi connectivity index (χ1v) is 11.0. The zero-order valence-corrected chi connectivity index (χ0v) is 17.2. The minimum Gasteiger partial charge on any atom is -0.393 e. The smallest absolute Gasteiger partial charge is 0.268 e. The maximum absolute atomic E-state index is 11.4. The van der Waals surface area contributed by atoms with Gasteiger partial charge in [-0.05, 0) is 50.9 Å². The second-order valence-corrected chi connectivity index (χ2v) is 8.31. The number of carbonyl (C=O) groups excluding carboxylic acids is 1. The van der Waals surface area contributed by atoms with Gasteiger partial charge in [0.25, 0.3) is 5.91 Å². The van der Waals surface area contributed by atoms with Crippen LogP contribution >= 0.6 is 11.3 Å². The first-order chi connectivity index (χ1) is 13.6. The maximum Gasteiger partial charge on any atom is 0.268 e. The van der Waals surface area contributed by atoms with Crippen LogP contribution in [0.5, 0.6) is 0 Å². The molecule has 0 saturated heterocycles. The summed E-state index contributed by atoms with van der Waals surface area (Å²) in [6.07, 6.45) is 9.59. The number of aliphatic hydroxyl groups excluding tert-OH is 1. The van der Waals surface area contributed by atoms with Gasteiger partial charge in [0.2, 0.25) is 5.95 Å². The molecular weight excluding hydrogens is 374 g/mol. The number of unbranched alkanes of at least 4 members (excludes halogenated alkanes) is 1. The van der Waals surface area contributed by atoms with Crippen molar-refractivity contribution in [1.29, 1.82) is 0 Å². The fourth-order valence-corrected chi connectivity index (χ4v) is 4.37. The number of hydrogen-bond donors (Lipinski definition) is 3. The predicted octanol–water partition coefficient (Wildman–Crippen LogP) is 3.39. The van der Waals surface area contributed by atoms with Crippen LogP contribution in [0.4, 0.5) is 5.95 Å². The van der Waals surface area contributed by atoms with Gasteiger partial charge < -0.3 is 16.2 Å². The number of nitrogens with two attached hydrogens (primary N) is 1. The third kappa shape index (κ3) is 5.48. The van der Waals surface area contributed by atoms with E-state index in [0.29, 0.717) is 11.9 Å². The van der Waals surface area contributed by atoms with Crippen LogP contribution < -0.4 is 11.1 Å². The summed E-state index contributed by atoms with van der Waals surface area (Å²) >= 11 is 1.39. The number of anilines is 1. The molecule has 1 fully saturated rings. The van der Waals surface area contributed by atoms with Crippen LogP contribution in [0.1, 0.15) is 68.1 Å². The summed E-state index contributed by atoms with van der Waals surface area (Å²) in [4.78, 5) is 25.0. The number of carbonyl (C=O) groups is 1. The van der Waals surface area contributed by atoms with Crippen molar-refractivity contribution >= 4 is 23.2 Å².